The number of hydrogen-bond donors (Lipinski definition) is 1. The van der Waals surface area contributed by atoms with E-state index in [4.69, 9.17) is 10.5 Å². The first kappa shape index (κ1) is 13.0. The van der Waals surface area contributed by atoms with Crippen LogP contribution >= 0.6 is 11.3 Å². The highest BCUT2D eigenvalue weighted by molar-refractivity contribution is 7.10. The molecule has 0 aliphatic carbocycles. The molecule has 2 heterocycles. The van der Waals surface area contributed by atoms with Crippen molar-refractivity contribution in [3.05, 3.63) is 22.4 Å². The van der Waals surface area contributed by atoms with Gasteiger partial charge < -0.3 is 10.5 Å². The molecule has 17 heavy (non-hydrogen) atoms. The van der Waals surface area contributed by atoms with E-state index in [9.17, 15) is 0 Å². The molecule has 4 heteroatoms. The number of hydrogen-bond acceptors (Lipinski definition) is 4. The van der Waals surface area contributed by atoms with Crippen LogP contribution in [0.4, 0.5) is 0 Å². The van der Waals surface area contributed by atoms with Gasteiger partial charge in [-0.25, -0.2) is 0 Å². The predicted octanol–water partition coefficient (Wildman–Crippen LogP) is 2.25. The molecule has 1 aromatic rings. The third-order valence-electron chi connectivity index (χ3n) is 4.09. The van der Waals surface area contributed by atoms with Gasteiger partial charge in [0, 0.05) is 36.2 Å². The molecule has 0 saturated carbocycles. The van der Waals surface area contributed by atoms with Crippen LogP contribution < -0.4 is 5.73 Å². The summed E-state index contributed by atoms with van der Waals surface area (Å²) in [5, 5.41) is 2.14. The Hall–Kier alpha value is -0.420. The zero-order chi connectivity index (χ0) is 12.3. The Morgan fingerprint density at radius 3 is 2.76 bits per heavy atom. The molecule has 96 valence electrons. The summed E-state index contributed by atoms with van der Waals surface area (Å²) >= 11 is 1.82. The van der Waals surface area contributed by atoms with Gasteiger partial charge in [-0.15, -0.1) is 11.3 Å². The summed E-state index contributed by atoms with van der Waals surface area (Å²) in [6.45, 7) is 4.64. The monoisotopic (exact) mass is 254 g/mol. The third kappa shape index (κ3) is 2.55. The van der Waals surface area contributed by atoms with Gasteiger partial charge in [0.15, 0.2) is 0 Å². The quantitative estimate of drug-likeness (QED) is 0.895. The smallest absolute Gasteiger partial charge is 0.0484 e. The fourth-order valence-electron chi connectivity index (χ4n) is 2.58. The molecule has 0 aromatic carbocycles. The standard InChI is InChI=1S/C13H22N2OS/c1-11(12-4-3-9-17-12)15(2)13(10-14)5-7-16-8-6-13/h3-4,9,11H,5-8,10,14H2,1-2H3. The Bertz CT molecular complexity index is 333. The number of ether oxygens (including phenoxy) is 1. The molecule has 0 radical (unpaired) electrons. The molecule has 1 atom stereocenters. The second kappa shape index (κ2) is 5.48. The van der Waals surface area contributed by atoms with Crippen LogP contribution in [-0.2, 0) is 4.74 Å². The Labute approximate surface area is 108 Å². The van der Waals surface area contributed by atoms with Crippen LogP contribution in [0.3, 0.4) is 0 Å². The van der Waals surface area contributed by atoms with E-state index in [1.54, 1.807) is 0 Å². The van der Waals surface area contributed by atoms with E-state index in [-0.39, 0.29) is 5.54 Å². The first-order valence-corrected chi connectivity index (χ1v) is 7.12. The summed E-state index contributed by atoms with van der Waals surface area (Å²) in [5.41, 5.74) is 6.15. The van der Waals surface area contributed by atoms with Crippen LogP contribution in [0.1, 0.15) is 30.7 Å². The lowest BCUT2D eigenvalue weighted by Gasteiger charge is -2.46. The zero-order valence-electron chi connectivity index (χ0n) is 10.7. The van der Waals surface area contributed by atoms with Crippen LogP contribution in [0.15, 0.2) is 17.5 Å². The fraction of sp³-hybridized carbons (Fsp3) is 0.692. The average molecular weight is 254 g/mol. The first-order valence-electron chi connectivity index (χ1n) is 6.24. The molecule has 0 spiro atoms. The van der Waals surface area contributed by atoms with Crippen molar-refractivity contribution in [1.29, 1.82) is 0 Å². The Morgan fingerprint density at radius 2 is 2.24 bits per heavy atom. The Morgan fingerprint density at radius 1 is 1.53 bits per heavy atom. The summed E-state index contributed by atoms with van der Waals surface area (Å²) < 4.78 is 5.47. The molecule has 1 aliphatic heterocycles. The highest BCUT2D eigenvalue weighted by Gasteiger charge is 2.37. The Kier molecular flexibility index (Phi) is 4.20. The number of nitrogens with two attached hydrogens (primary N) is 1. The van der Waals surface area contributed by atoms with Crippen molar-refractivity contribution in [2.75, 3.05) is 26.8 Å². The maximum absolute atomic E-state index is 6.04. The molecular weight excluding hydrogens is 232 g/mol. The van der Waals surface area contributed by atoms with Gasteiger partial charge in [0.2, 0.25) is 0 Å². The van der Waals surface area contributed by atoms with Crippen molar-refractivity contribution < 1.29 is 4.74 Å². The molecule has 0 bridgehead atoms. The van der Waals surface area contributed by atoms with Gasteiger partial charge in [0.05, 0.1) is 0 Å². The lowest BCUT2D eigenvalue weighted by molar-refractivity contribution is -0.0277. The van der Waals surface area contributed by atoms with Crippen LogP contribution in [0, 0.1) is 0 Å². The molecule has 1 fully saturated rings. The highest BCUT2D eigenvalue weighted by Crippen LogP contribution is 2.34. The fourth-order valence-corrected chi connectivity index (χ4v) is 3.41. The van der Waals surface area contributed by atoms with Gasteiger partial charge in [-0.2, -0.15) is 0 Å². The van der Waals surface area contributed by atoms with Crippen molar-refractivity contribution >= 4 is 11.3 Å². The molecule has 1 unspecified atom stereocenters. The van der Waals surface area contributed by atoms with Crippen LogP contribution in [0.5, 0.6) is 0 Å². The topological polar surface area (TPSA) is 38.5 Å². The van der Waals surface area contributed by atoms with E-state index in [0.29, 0.717) is 12.6 Å². The van der Waals surface area contributed by atoms with E-state index >= 15 is 0 Å². The van der Waals surface area contributed by atoms with E-state index < -0.39 is 0 Å². The third-order valence-corrected chi connectivity index (χ3v) is 5.13. The Balaban J connectivity index is 2.13. The molecule has 0 amide bonds. The highest BCUT2D eigenvalue weighted by atomic mass is 32.1. The van der Waals surface area contributed by atoms with E-state index in [1.807, 2.05) is 11.3 Å². The average Bonchev–Trinajstić information content (AvgIpc) is 2.91. The van der Waals surface area contributed by atoms with Gasteiger partial charge in [0.25, 0.3) is 0 Å². The number of rotatable bonds is 4. The molecule has 2 N–H and O–H groups in total. The molecule has 1 aromatic heterocycles. The zero-order valence-corrected chi connectivity index (χ0v) is 11.5. The second-order valence-electron chi connectivity index (χ2n) is 4.84. The van der Waals surface area contributed by atoms with Gasteiger partial charge in [-0.05, 0) is 38.3 Å². The van der Waals surface area contributed by atoms with Crippen molar-refractivity contribution in [3.63, 3.8) is 0 Å². The van der Waals surface area contributed by atoms with E-state index in [2.05, 4.69) is 36.4 Å². The normalized spacial score (nSPS) is 21.6. The van der Waals surface area contributed by atoms with Gasteiger partial charge in [0.1, 0.15) is 0 Å². The number of thiophene rings is 1. The minimum Gasteiger partial charge on any atom is -0.381 e. The van der Waals surface area contributed by atoms with Crippen LogP contribution in [0.25, 0.3) is 0 Å². The number of nitrogens with zero attached hydrogens (tertiary/aromatic N) is 1. The largest absolute Gasteiger partial charge is 0.381 e. The molecular formula is C13H22N2OS. The summed E-state index contributed by atoms with van der Waals surface area (Å²) in [6, 6.07) is 4.75. The van der Waals surface area contributed by atoms with Gasteiger partial charge >= 0.3 is 0 Å². The molecule has 2 rings (SSSR count). The first-order chi connectivity index (χ1) is 8.19. The van der Waals surface area contributed by atoms with E-state index in [1.165, 1.54) is 4.88 Å². The van der Waals surface area contributed by atoms with Gasteiger partial charge in [-0.3, -0.25) is 4.90 Å². The maximum atomic E-state index is 6.04. The van der Waals surface area contributed by atoms with E-state index in [0.717, 1.165) is 26.1 Å². The predicted molar refractivity (Wildman–Crippen MR) is 72.3 cm³/mol. The lowest BCUT2D eigenvalue weighted by atomic mass is 9.87. The summed E-state index contributed by atoms with van der Waals surface area (Å²) in [4.78, 5) is 3.85. The second-order valence-corrected chi connectivity index (χ2v) is 5.82. The minimum absolute atomic E-state index is 0.113. The number of likely N-dealkylation sites (N-methyl/N-ethyl adjacent to an activating group) is 1. The van der Waals surface area contributed by atoms with Crippen molar-refractivity contribution in [2.24, 2.45) is 5.73 Å². The maximum Gasteiger partial charge on any atom is 0.0484 e. The molecule has 1 saturated heterocycles. The lowest BCUT2D eigenvalue weighted by Crippen LogP contribution is -2.55. The summed E-state index contributed by atoms with van der Waals surface area (Å²) in [6.07, 6.45) is 2.07. The SMILES string of the molecule is CC(c1cccs1)N(C)C1(CN)CCOCC1. The molecule has 3 nitrogen and oxygen atoms in total. The summed E-state index contributed by atoms with van der Waals surface area (Å²) in [7, 11) is 2.20. The van der Waals surface area contributed by atoms with Gasteiger partial charge in [-0.1, -0.05) is 6.07 Å². The van der Waals surface area contributed by atoms with Crippen LogP contribution in [0.2, 0.25) is 0 Å². The van der Waals surface area contributed by atoms with Crippen molar-refractivity contribution in [2.45, 2.75) is 31.3 Å². The van der Waals surface area contributed by atoms with Crippen LogP contribution in [-0.4, -0.2) is 37.2 Å². The summed E-state index contributed by atoms with van der Waals surface area (Å²) in [5.74, 6) is 0. The minimum atomic E-state index is 0.113. The van der Waals surface area contributed by atoms with Crippen molar-refractivity contribution in [1.82, 2.24) is 4.90 Å². The van der Waals surface area contributed by atoms with Crippen molar-refractivity contribution in [3.8, 4) is 0 Å². The molecule has 1 aliphatic rings.